The van der Waals surface area contributed by atoms with Crippen LogP contribution in [0.4, 0.5) is 38.2 Å². The summed E-state index contributed by atoms with van der Waals surface area (Å²) in [4.78, 5) is 74.6. The number of unbranched alkanes of at least 4 members (excludes halogenated alkanes) is 2. The molecule has 3 fully saturated rings. The monoisotopic (exact) mass is 1460 g/mol. The third kappa shape index (κ3) is 32.1. The Kier molecular flexibility index (Phi) is 38.1. The molecule has 2 aromatic carbocycles. The smallest absolute Gasteiger partial charge is 0.475 e. The quantitative estimate of drug-likeness (QED) is 0.0373. The second-order valence-corrected chi connectivity index (χ2v) is 27.0. The number of carboxylic acid groups (broad SMARTS) is 1. The average molecular weight is 1460 g/mol. The number of likely N-dealkylation sites (tertiary alicyclic amines) is 2. The predicted octanol–water partition coefficient (Wildman–Crippen LogP) is -0.0207. The summed E-state index contributed by atoms with van der Waals surface area (Å²) in [6.07, 6.45) is 16.8. The minimum absolute atomic E-state index is 0. The Bertz CT molecular complexity index is 2880. The van der Waals surface area contributed by atoms with Gasteiger partial charge < -0.3 is 55.6 Å². The number of benzene rings is 2. The summed E-state index contributed by atoms with van der Waals surface area (Å²) in [5.74, 6) is -2.76. The summed E-state index contributed by atoms with van der Waals surface area (Å²) in [6.45, 7) is 5.59. The van der Waals surface area contributed by atoms with Crippen LogP contribution < -0.4 is 85.5 Å². The first-order valence-corrected chi connectivity index (χ1v) is 35.5. The molecule has 2 saturated heterocycles. The van der Waals surface area contributed by atoms with Crippen LogP contribution in [0, 0.1) is 0 Å². The molecule has 2 amide bonds. The molecule has 9 N–H and O–H groups in total. The number of aromatic nitrogens is 3. The van der Waals surface area contributed by atoms with E-state index in [0.29, 0.717) is 35.6 Å². The van der Waals surface area contributed by atoms with Gasteiger partial charge in [-0.05, 0) is 146 Å². The molecule has 1 saturated carbocycles. The second kappa shape index (κ2) is 42.9. The molecule has 91 heavy (non-hydrogen) atoms. The molecule has 3 aromatic heterocycles. The first-order chi connectivity index (χ1) is 42.5. The fraction of sp³-hybridized carbons (Fsp3) is 0.567. The van der Waals surface area contributed by atoms with E-state index in [1.165, 1.54) is 116 Å². The molecule has 4 aliphatic carbocycles. The van der Waals surface area contributed by atoms with Crippen molar-refractivity contribution in [2.45, 2.75) is 192 Å². The van der Waals surface area contributed by atoms with Crippen LogP contribution in [0.15, 0.2) is 60.7 Å². The van der Waals surface area contributed by atoms with Gasteiger partial charge in [-0.1, -0.05) is 80.9 Å². The molecule has 6 aliphatic rings. The Balaban J connectivity index is 0.000000299. The number of nitrogens with two attached hydrogens (primary N) is 2. The number of ether oxygens (including phenoxy) is 2. The van der Waals surface area contributed by atoms with Crippen LogP contribution >= 0.6 is 34.0 Å². The maximum atomic E-state index is 12.0. The van der Waals surface area contributed by atoms with Crippen LogP contribution in [-0.2, 0) is 75.6 Å². The summed E-state index contributed by atoms with van der Waals surface area (Å²) < 4.78 is 76.7. The molecule has 11 rings (SSSR count). The van der Waals surface area contributed by atoms with Crippen molar-refractivity contribution >= 4 is 80.1 Å². The number of thiazole rings is 3. The van der Waals surface area contributed by atoms with Crippen molar-refractivity contribution in [1.29, 1.82) is 0 Å². The van der Waals surface area contributed by atoms with Gasteiger partial charge in [-0.15, -0.1) is 34.0 Å². The summed E-state index contributed by atoms with van der Waals surface area (Å²) in [6, 6.07) is 20.9. The normalized spacial score (nSPS) is 19.8. The van der Waals surface area contributed by atoms with Gasteiger partial charge in [-0.3, -0.25) is 24.4 Å². The Morgan fingerprint density at radius 2 is 1.00 bits per heavy atom. The number of alkyl halides is 3. The number of anilines is 3. The van der Waals surface area contributed by atoms with Crippen molar-refractivity contribution < 1.29 is 125 Å². The zero-order chi connectivity index (χ0) is 64.8. The molecule has 500 valence electrons. The van der Waals surface area contributed by atoms with E-state index in [-0.39, 0.29) is 56.2 Å². The fourth-order valence-corrected chi connectivity index (χ4v) is 13.4. The average Bonchev–Trinajstić information content (AvgIpc) is 2.06. The van der Waals surface area contributed by atoms with Gasteiger partial charge >= 0.3 is 53.9 Å². The van der Waals surface area contributed by atoms with Crippen molar-refractivity contribution in [3.8, 4) is 0 Å². The zero-order valence-corrected chi connectivity index (χ0v) is 57.0. The number of hydrogen-bond donors (Lipinski definition) is 7. The first-order valence-electron chi connectivity index (χ1n) is 29.5. The van der Waals surface area contributed by atoms with E-state index in [9.17, 15) is 32.3 Å². The van der Waals surface area contributed by atoms with Crippen LogP contribution in [0.3, 0.4) is 0 Å². The molecule has 5 atom stereocenters. The van der Waals surface area contributed by atoms with Gasteiger partial charge in [0.15, 0.2) is 15.4 Å². The molecule has 0 spiro atoms. The maximum Gasteiger partial charge on any atom is 1.00 e. The standard InChI is InChI=1S/C20H25N3O2S.C15H17N3O2S.C12H19N3S.C5H10O2.C5H8O2.C2HF3O2.CH4.IO4.Na/c24-20(25-14-15-7-3-1-4-8-15)22-19-21-17-10-9-16(13-18(17)26-19)23-11-5-2-6-12-23;16-11-6-7-12-13(8-11)21-14(17-12)18-15(19)20-9-10-4-2-1-3-5-10;13-12-14-10-5-4-9(8-11(10)16-12)15-6-2-1-3-7-15;6-4-2-1-3-5(4)7;6-4-2-1-3-5-7;3-2(4,5)1(6)7;;2-1(3,4)5;/h1,3-4,7-8,16H,2,5-6,9-14H2,(H,21,22,24);1-5,11H,6-9,16H2,(H,17,18,19);9H,1-8H2,(H2,13,14);4-7H,1-3H2;4-5H,1-3H2;(H,6,7);1H4;;/q;;;;;;;-1;+1/t16-;11-;9-;4-,5+;;;;;/m000....../s1. The Labute approximate surface area is 569 Å². The van der Waals surface area contributed by atoms with Crippen LogP contribution in [0.5, 0.6) is 0 Å². The van der Waals surface area contributed by atoms with Crippen molar-refractivity contribution in [2.24, 2.45) is 5.73 Å². The number of piperidine rings is 2. The molecule has 0 unspecified atom stereocenters. The molecule has 0 radical (unpaired) electrons. The van der Waals surface area contributed by atoms with Crippen LogP contribution in [-0.4, -0.2) is 133 Å². The van der Waals surface area contributed by atoms with E-state index in [1.54, 1.807) is 22.7 Å². The number of nitrogens with one attached hydrogen (secondary N) is 2. The summed E-state index contributed by atoms with van der Waals surface area (Å²) >= 11 is -1.15. The number of carbonyl (C=O) groups excluding carboxylic acids is 4. The minimum Gasteiger partial charge on any atom is -0.475 e. The number of hydrogen-bond acceptors (Lipinski definition) is 23. The molecule has 31 heteroatoms. The van der Waals surface area contributed by atoms with Gasteiger partial charge in [0.1, 0.15) is 45.9 Å². The topological polar surface area (TPSA) is 378 Å². The number of carbonyl (C=O) groups is 5. The van der Waals surface area contributed by atoms with Crippen molar-refractivity contribution in [3.05, 3.63) is 104 Å². The van der Waals surface area contributed by atoms with E-state index in [2.05, 4.69) is 35.4 Å². The third-order valence-electron chi connectivity index (χ3n) is 14.8. The molecule has 2 aliphatic heterocycles. The third-order valence-corrected chi connectivity index (χ3v) is 17.8. The van der Waals surface area contributed by atoms with Gasteiger partial charge in [-0.2, -0.15) is 13.2 Å². The number of rotatable bonds is 12. The molecular weight excluding hydrogens is 1370 g/mol. The number of aliphatic hydroxyl groups excluding tert-OH is 2. The minimum atomic E-state index is -5.94. The number of aliphatic hydroxyl groups is 2. The van der Waals surface area contributed by atoms with Crippen molar-refractivity contribution in [3.63, 3.8) is 0 Å². The Morgan fingerprint density at radius 3 is 1.37 bits per heavy atom. The van der Waals surface area contributed by atoms with Crippen LogP contribution in [0.1, 0.15) is 147 Å². The van der Waals surface area contributed by atoms with Gasteiger partial charge in [0, 0.05) is 45.6 Å². The first kappa shape index (κ1) is 80.9. The van der Waals surface area contributed by atoms with Gasteiger partial charge in [0.2, 0.25) is 0 Å². The summed E-state index contributed by atoms with van der Waals surface area (Å²) in [5.41, 5.74) is 17.1. The number of amides is 2. The number of halogens is 4. The summed E-state index contributed by atoms with van der Waals surface area (Å²) in [7, 11) is 0. The molecule has 5 heterocycles. The van der Waals surface area contributed by atoms with Crippen LogP contribution in [0.25, 0.3) is 0 Å². The van der Waals surface area contributed by atoms with E-state index in [4.69, 9.17) is 54.8 Å². The second-order valence-electron chi connectivity index (χ2n) is 21.6. The molecular formula is C60H84F3IN9NaO14S3. The van der Waals surface area contributed by atoms with Gasteiger partial charge in [0.25, 0.3) is 0 Å². The number of nitrogen functional groups attached to an aromatic ring is 1. The predicted molar refractivity (Wildman–Crippen MR) is 326 cm³/mol. The molecule has 23 nitrogen and oxygen atoms in total. The number of fused-ring (bicyclic) bond motifs is 3. The SMILES string of the molecule is C.N[C@H]1CCc2nc(NC(=O)OCc3ccccc3)sc2C1.Nc1nc2c(s1)C[C@@H](N1CCCCC1)CC2.O=C(Nc1nc2c(s1)C[C@@H](N1CCCCC1)CC2)OCc1ccccc1.O=C(O)C(F)(F)F.O=CCCCC=O.O[C@@H]1CCC[C@@H]1O.[Na+].[O-][I+3]([O-])([O-])[O-]. The number of nitrogens with zero attached hydrogens (tertiary/aromatic N) is 5. The van der Waals surface area contributed by atoms with Gasteiger partial charge in [-0.25, -0.2) is 29.3 Å². The van der Waals surface area contributed by atoms with E-state index >= 15 is 0 Å². The molecule has 0 bridgehead atoms. The van der Waals surface area contributed by atoms with Crippen molar-refractivity contribution in [1.82, 2.24) is 24.8 Å². The Morgan fingerprint density at radius 1 is 0.626 bits per heavy atom. The zero-order valence-electron chi connectivity index (χ0n) is 50.4. The van der Waals surface area contributed by atoms with Gasteiger partial charge in [0.05, 0.1) is 29.3 Å². The van der Waals surface area contributed by atoms with E-state index in [0.717, 1.165) is 104 Å². The van der Waals surface area contributed by atoms with E-state index < -0.39 is 56.6 Å². The Hall–Kier alpha value is -4.36. The van der Waals surface area contributed by atoms with Crippen molar-refractivity contribution in [2.75, 3.05) is 42.5 Å². The number of aliphatic carboxylic acids is 1. The fourth-order valence-electron chi connectivity index (χ4n) is 10.3. The number of aldehydes is 2. The largest absolute Gasteiger partial charge is 1.00 e. The van der Waals surface area contributed by atoms with Crippen LogP contribution in [0.2, 0.25) is 0 Å². The van der Waals surface area contributed by atoms with E-state index in [1.807, 2.05) is 60.7 Å². The molecule has 5 aromatic rings. The maximum absolute atomic E-state index is 12.0. The number of carboxylic acids is 1. The summed E-state index contributed by atoms with van der Waals surface area (Å²) in [5, 5.41) is 32.1. The number of aryl methyl sites for hydroxylation is 3.